The number of rotatable bonds is 0. The van der Waals surface area contributed by atoms with Crippen LogP contribution in [0.2, 0.25) is 0 Å². The van der Waals surface area contributed by atoms with Gasteiger partial charge in [-0.3, -0.25) is 0 Å². The van der Waals surface area contributed by atoms with Crippen molar-refractivity contribution in [1.29, 1.82) is 0 Å². The smallest absolute Gasteiger partial charge is 0.0893 e. The van der Waals surface area contributed by atoms with Crippen LogP contribution >= 0.6 is 0 Å². The van der Waals surface area contributed by atoms with Crippen molar-refractivity contribution in [1.82, 2.24) is 0 Å². The van der Waals surface area contributed by atoms with E-state index >= 15 is 0 Å². The van der Waals surface area contributed by atoms with E-state index in [2.05, 4.69) is 13.2 Å². The summed E-state index contributed by atoms with van der Waals surface area (Å²) in [7, 11) is 0. The summed E-state index contributed by atoms with van der Waals surface area (Å²) < 4.78 is 0. The van der Waals surface area contributed by atoms with Crippen molar-refractivity contribution in [2.75, 3.05) is 0 Å². The summed E-state index contributed by atoms with van der Waals surface area (Å²) >= 11 is 0. The molecule has 0 aromatic heterocycles. The lowest BCUT2D eigenvalue weighted by atomic mass is 9.84. The van der Waals surface area contributed by atoms with Gasteiger partial charge in [0.25, 0.3) is 0 Å². The second-order valence-corrected chi connectivity index (χ2v) is 3.07. The Morgan fingerprint density at radius 2 is 1.80 bits per heavy atom. The quantitative estimate of drug-likeness (QED) is 0.386. The van der Waals surface area contributed by atoms with E-state index in [1.807, 2.05) is 0 Å². The molecule has 2 heteroatoms. The zero-order valence-corrected chi connectivity index (χ0v) is 6.19. The predicted molar refractivity (Wildman–Crippen MR) is 43.2 cm³/mol. The third-order valence-corrected chi connectivity index (χ3v) is 1.98. The van der Waals surface area contributed by atoms with Gasteiger partial charge in [0.15, 0.2) is 0 Å². The van der Waals surface area contributed by atoms with Crippen molar-refractivity contribution in [2.45, 2.75) is 24.9 Å². The highest BCUT2D eigenvalue weighted by molar-refractivity contribution is 5.23. The van der Waals surface area contributed by atoms with Gasteiger partial charge >= 0.3 is 0 Å². The maximum absolute atomic E-state index is 5.73. The Balaban J connectivity index is 2.73. The molecule has 1 aliphatic rings. The Morgan fingerprint density at radius 1 is 1.20 bits per heavy atom. The molecule has 0 aromatic rings. The fourth-order valence-electron chi connectivity index (χ4n) is 1.19. The second-order valence-electron chi connectivity index (χ2n) is 3.07. The zero-order valence-electron chi connectivity index (χ0n) is 6.19. The number of hydrogen-bond donors (Lipinski definition) is 2. The first-order valence-electron chi connectivity index (χ1n) is 3.45. The molecule has 0 aliphatic heterocycles. The predicted octanol–water partition coefficient (Wildman–Crippen LogP) is 0.896. The molecule has 0 unspecified atom stereocenters. The van der Waals surface area contributed by atoms with Crippen LogP contribution < -0.4 is 11.5 Å². The highest BCUT2D eigenvalue weighted by Gasteiger charge is 2.27. The van der Waals surface area contributed by atoms with Gasteiger partial charge in [0.1, 0.15) is 0 Å². The molecule has 0 saturated heterocycles. The molecule has 0 amide bonds. The molecule has 4 N–H and O–H groups in total. The molecule has 1 rings (SSSR count). The molecule has 1 saturated carbocycles. The first-order chi connectivity index (χ1) is 4.52. The average Bonchev–Trinajstić information content (AvgIpc) is 1.78. The van der Waals surface area contributed by atoms with Crippen molar-refractivity contribution in [3.63, 3.8) is 0 Å². The molecular weight excluding hydrogens is 124 g/mol. The van der Waals surface area contributed by atoms with E-state index in [1.54, 1.807) is 0 Å². The molecule has 56 valence electrons. The number of nitrogens with two attached hydrogens (primary N) is 2. The minimum Gasteiger partial charge on any atom is -0.310 e. The summed E-state index contributed by atoms with van der Waals surface area (Å²) in [4.78, 5) is 0. The highest BCUT2D eigenvalue weighted by atomic mass is 15.0. The van der Waals surface area contributed by atoms with Gasteiger partial charge < -0.3 is 11.5 Å². The summed E-state index contributed by atoms with van der Waals surface area (Å²) in [5.74, 6) is 0. The van der Waals surface area contributed by atoms with E-state index in [0.717, 1.165) is 24.0 Å². The van der Waals surface area contributed by atoms with Gasteiger partial charge in [0.05, 0.1) is 5.66 Å². The lowest BCUT2D eigenvalue weighted by Crippen LogP contribution is -2.52. The van der Waals surface area contributed by atoms with Crippen LogP contribution in [0.5, 0.6) is 0 Å². The van der Waals surface area contributed by atoms with Crippen LogP contribution in [-0.4, -0.2) is 5.66 Å². The fraction of sp³-hybridized carbons (Fsp3) is 0.500. The Labute approximate surface area is 61.6 Å². The summed E-state index contributed by atoms with van der Waals surface area (Å²) in [5.41, 5.74) is 12.9. The summed E-state index contributed by atoms with van der Waals surface area (Å²) in [6.07, 6.45) is 2.58. The summed E-state index contributed by atoms with van der Waals surface area (Å²) in [6, 6.07) is 0. The minimum atomic E-state index is -0.685. The van der Waals surface area contributed by atoms with Crippen molar-refractivity contribution in [2.24, 2.45) is 11.5 Å². The first kappa shape index (κ1) is 7.51. The van der Waals surface area contributed by atoms with Crippen LogP contribution in [0.15, 0.2) is 24.3 Å². The van der Waals surface area contributed by atoms with E-state index in [9.17, 15) is 0 Å². The van der Waals surface area contributed by atoms with Gasteiger partial charge in [-0.15, -0.1) is 0 Å². The first-order valence-corrected chi connectivity index (χ1v) is 3.45. The van der Waals surface area contributed by atoms with Crippen LogP contribution in [0.3, 0.4) is 0 Å². The molecule has 0 bridgehead atoms. The molecule has 2 nitrogen and oxygen atoms in total. The van der Waals surface area contributed by atoms with Gasteiger partial charge in [-0.1, -0.05) is 18.7 Å². The SMILES string of the molecule is C=C1CCC(=C)C(N)(N)C1. The molecule has 0 aromatic carbocycles. The molecule has 1 aliphatic carbocycles. The van der Waals surface area contributed by atoms with E-state index in [1.165, 1.54) is 0 Å². The van der Waals surface area contributed by atoms with E-state index in [0.29, 0.717) is 6.42 Å². The van der Waals surface area contributed by atoms with Gasteiger partial charge in [-0.05, 0) is 18.4 Å². The molecule has 0 radical (unpaired) electrons. The van der Waals surface area contributed by atoms with E-state index in [-0.39, 0.29) is 0 Å². The Hall–Kier alpha value is -0.600. The summed E-state index contributed by atoms with van der Waals surface area (Å²) in [6.45, 7) is 7.65. The molecule has 10 heavy (non-hydrogen) atoms. The third kappa shape index (κ3) is 1.28. The van der Waals surface area contributed by atoms with Gasteiger partial charge in [0.2, 0.25) is 0 Å². The fourth-order valence-corrected chi connectivity index (χ4v) is 1.19. The molecule has 0 atom stereocenters. The largest absolute Gasteiger partial charge is 0.310 e. The Morgan fingerprint density at radius 3 is 2.20 bits per heavy atom. The van der Waals surface area contributed by atoms with Crippen LogP contribution in [0, 0.1) is 0 Å². The molecule has 0 spiro atoms. The van der Waals surface area contributed by atoms with Crippen LogP contribution in [0.4, 0.5) is 0 Å². The topological polar surface area (TPSA) is 52.0 Å². The molecule has 0 heterocycles. The Kier molecular flexibility index (Phi) is 1.67. The van der Waals surface area contributed by atoms with Crippen molar-refractivity contribution in [3.8, 4) is 0 Å². The third-order valence-electron chi connectivity index (χ3n) is 1.98. The van der Waals surface area contributed by atoms with Crippen molar-refractivity contribution in [3.05, 3.63) is 24.3 Å². The lowest BCUT2D eigenvalue weighted by Gasteiger charge is -2.32. The number of hydrogen-bond acceptors (Lipinski definition) is 2. The minimum absolute atomic E-state index is 0.685. The van der Waals surface area contributed by atoms with Gasteiger partial charge in [0, 0.05) is 6.42 Å². The highest BCUT2D eigenvalue weighted by Crippen LogP contribution is 2.28. The molecular formula is C8H14N2. The monoisotopic (exact) mass is 138 g/mol. The maximum Gasteiger partial charge on any atom is 0.0893 e. The van der Waals surface area contributed by atoms with Crippen molar-refractivity contribution >= 4 is 0 Å². The standard InChI is InChI=1S/C8H14N2/c1-6-3-4-7(2)8(9,10)5-6/h1-5,9-10H2. The molecule has 1 fully saturated rings. The average molecular weight is 138 g/mol. The second kappa shape index (κ2) is 2.22. The normalized spacial score (nSPS) is 25.0. The maximum atomic E-state index is 5.73. The lowest BCUT2D eigenvalue weighted by molar-refractivity contribution is 0.460. The zero-order chi connectivity index (χ0) is 7.78. The van der Waals surface area contributed by atoms with Crippen molar-refractivity contribution < 1.29 is 0 Å². The van der Waals surface area contributed by atoms with Crippen LogP contribution in [-0.2, 0) is 0 Å². The van der Waals surface area contributed by atoms with E-state index < -0.39 is 5.66 Å². The van der Waals surface area contributed by atoms with Gasteiger partial charge in [-0.2, -0.15) is 0 Å². The van der Waals surface area contributed by atoms with Crippen LogP contribution in [0.1, 0.15) is 19.3 Å². The van der Waals surface area contributed by atoms with E-state index in [4.69, 9.17) is 11.5 Å². The van der Waals surface area contributed by atoms with Gasteiger partial charge in [-0.25, -0.2) is 0 Å². The summed E-state index contributed by atoms with van der Waals surface area (Å²) in [5, 5.41) is 0. The Bertz CT molecular complexity index is 180. The van der Waals surface area contributed by atoms with Crippen LogP contribution in [0.25, 0.3) is 0 Å².